The summed E-state index contributed by atoms with van der Waals surface area (Å²) in [5.41, 5.74) is 2.59. The summed E-state index contributed by atoms with van der Waals surface area (Å²) < 4.78 is 0. The minimum atomic E-state index is 0.777. The first kappa shape index (κ1) is 7.78. The number of aryl methyl sites for hydroxylation is 1. The Balaban J connectivity index is 2.08. The van der Waals surface area contributed by atoms with Gasteiger partial charge in [-0.15, -0.1) is 0 Å². The maximum Gasteiger partial charge on any atom is 0.0434 e. The van der Waals surface area contributed by atoms with E-state index in [2.05, 4.69) is 24.0 Å². The summed E-state index contributed by atoms with van der Waals surface area (Å²) in [5.74, 6) is 0.777. The summed E-state index contributed by atoms with van der Waals surface area (Å²) in [5, 5.41) is 0. The number of nitrogens with zero attached hydrogens (tertiary/aromatic N) is 1. The molecule has 0 saturated heterocycles. The van der Waals surface area contributed by atoms with Crippen molar-refractivity contribution in [1.82, 2.24) is 4.98 Å². The quantitative estimate of drug-likeness (QED) is 0.662. The Kier molecular flexibility index (Phi) is 2.11. The number of pyridine rings is 1. The maximum atomic E-state index is 4.43. The van der Waals surface area contributed by atoms with Crippen molar-refractivity contribution in [3.63, 3.8) is 0 Å². The van der Waals surface area contributed by atoms with Crippen molar-refractivity contribution in [2.75, 3.05) is 0 Å². The van der Waals surface area contributed by atoms with Crippen LogP contribution in [0.4, 0.5) is 0 Å². The molecule has 1 heterocycles. The molecule has 0 spiro atoms. The molecule has 12 heavy (non-hydrogen) atoms. The average molecular weight is 160 g/mol. The predicted octanol–water partition coefficient (Wildman–Crippen LogP) is 2.73. The van der Waals surface area contributed by atoms with Gasteiger partial charge in [0.05, 0.1) is 0 Å². The zero-order valence-electron chi connectivity index (χ0n) is 7.29. The maximum absolute atomic E-state index is 4.43. The third-order valence-electron chi connectivity index (χ3n) is 2.31. The van der Waals surface area contributed by atoms with Crippen LogP contribution in [0.2, 0.25) is 0 Å². The van der Waals surface area contributed by atoms with Crippen LogP contribution in [0, 0.1) is 6.92 Å². The van der Waals surface area contributed by atoms with E-state index in [1.54, 1.807) is 0 Å². The lowest BCUT2D eigenvalue weighted by atomic mass is 10.1. The molecule has 1 aliphatic carbocycles. The van der Waals surface area contributed by atoms with Crippen LogP contribution in [0.25, 0.3) is 0 Å². The highest BCUT2D eigenvalue weighted by molar-refractivity contribution is 5.19. The van der Waals surface area contributed by atoms with Crippen molar-refractivity contribution >= 4 is 0 Å². The minimum Gasteiger partial charge on any atom is -0.261 e. The van der Waals surface area contributed by atoms with E-state index < -0.39 is 0 Å². The highest BCUT2D eigenvalue weighted by atomic mass is 14.7. The van der Waals surface area contributed by atoms with Gasteiger partial charge in [-0.3, -0.25) is 4.98 Å². The Morgan fingerprint density at radius 1 is 1.42 bits per heavy atom. The first-order valence-electron chi connectivity index (χ1n) is 4.64. The minimum absolute atomic E-state index is 0.777. The Hall–Kier alpha value is -0.850. The number of hydrogen-bond donors (Lipinski definition) is 0. The van der Waals surface area contributed by atoms with Crippen LogP contribution < -0.4 is 0 Å². The molecule has 1 aromatic rings. The fraction of sp³-hybridized carbons (Fsp3) is 0.455. The van der Waals surface area contributed by atoms with Crippen molar-refractivity contribution in [2.24, 2.45) is 0 Å². The summed E-state index contributed by atoms with van der Waals surface area (Å²) in [6, 6.07) is 4.36. The molecule has 63 valence electrons. The van der Waals surface area contributed by atoms with Crippen LogP contribution in [0.5, 0.6) is 0 Å². The molecule has 1 nitrogen and oxygen atoms in total. The predicted molar refractivity (Wildman–Crippen MR) is 49.9 cm³/mol. The Morgan fingerprint density at radius 2 is 2.25 bits per heavy atom. The third-order valence-corrected chi connectivity index (χ3v) is 2.31. The standard InChI is InChI=1S/C11H14N/c1-2-3-9-4-7-11(12-8-9)10-5-6-10/h4,7-8,10H,1-3,5-6H2. The van der Waals surface area contributed by atoms with Crippen LogP contribution in [0.3, 0.4) is 0 Å². The van der Waals surface area contributed by atoms with Gasteiger partial charge in [-0.25, -0.2) is 0 Å². The first-order valence-corrected chi connectivity index (χ1v) is 4.64. The highest BCUT2D eigenvalue weighted by Gasteiger charge is 2.24. The molecular weight excluding hydrogens is 146 g/mol. The van der Waals surface area contributed by atoms with E-state index in [1.165, 1.54) is 24.1 Å². The van der Waals surface area contributed by atoms with Crippen LogP contribution in [0.1, 0.15) is 36.4 Å². The van der Waals surface area contributed by atoms with Gasteiger partial charge in [0.1, 0.15) is 0 Å². The molecule has 0 aromatic carbocycles. The zero-order valence-corrected chi connectivity index (χ0v) is 7.29. The second-order valence-corrected chi connectivity index (χ2v) is 3.47. The van der Waals surface area contributed by atoms with Crippen LogP contribution >= 0.6 is 0 Å². The first-order chi connectivity index (χ1) is 5.90. The molecule has 1 saturated carbocycles. The van der Waals surface area contributed by atoms with Crippen molar-refractivity contribution in [3.05, 3.63) is 36.5 Å². The molecular formula is C11H14N. The molecule has 0 aliphatic heterocycles. The van der Waals surface area contributed by atoms with E-state index >= 15 is 0 Å². The van der Waals surface area contributed by atoms with Gasteiger partial charge in [0.2, 0.25) is 0 Å². The van der Waals surface area contributed by atoms with Gasteiger partial charge in [0.15, 0.2) is 0 Å². The van der Waals surface area contributed by atoms with Crippen LogP contribution in [-0.4, -0.2) is 4.98 Å². The lowest BCUT2D eigenvalue weighted by Gasteiger charge is -1.99. The molecule has 0 bridgehead atoms. The Labute approximate surface area is 73.8 Å². The van der Waals surface area contributed by atoms with Gasteiger partial charge in [0.25, 0.3) is 0 Å². The molecule has 0 amide bonds. The normalized spacial score (nSPS) is 16.4. The molecule has 1 radical (unpaired) electrons. The van der Waals surface area contributed by atoms with Gasteiger partial charge >= 0.3 is 0 Å². The van der Waals surface area contributed by atoms with Gasteiger partial charge < -0.3 is 0 Å². The average Bonchev–Trinajstić information content (AvgIpc) is 2.89. The highest BCUT2D eigenvalue weighted by Crippen LogP contribution is 2.38. The summed E-state index contributed by atoms with van der Waals surface area (Å²) in [7, 11) is 0. The van der Waals surface area contributed by atoms with Crippen molar-refractivity contribution in [1.29, 1.82) is 0 Å². The lowest BCUT2D eigenvalue weighted by molar-refractivity contribution is 0.954. The van der Waals surface area contributed by atoms with E-state index in [0.29, 0.717) is 0 Å². The fourth-order valence-electron chi connectivity index (χ4n) is 1.41. The molecule has 1 aliphatic rings. The second-order valence-electron chi connectivity index (χ2n) is 3.47. The van der Waals surface area contributed by atoms with Crippen LogP contribution in [-0.2, 0) is 6.42 Å². The van der Waals surface area contributed by atoms with E-state index in [1.807, 2.05) is 6.20 Å². The molecule has 0 unspecified atom stereocenters. The van der Waals surface area contributed by atoms with Gasteiger partial charge in [-0.05, 0) is 37.3 Å². The lowest BCUT2D eigenvalue weighted by Crippen LogP contribution is -1.89. The fourth-order valence-corrected chi connectivity index (χ4v) is 1.41. The molecule has 2 rings (SSSR count). The van der Waals surface area contributed by atoms with Crippen molar-refractivity contribution < 1.29 is 0 Å². The summed E-state index contributed by atoms with van der Waals surface area (Å²) in [4.78, 5) is 4.43. The topological polar surface area (TPSA) is 12.9 Å². The zero-order chi connectivity index (χ0) is 8.39. The summed E-state index contributed by atoms with van der Waals surface area (Å²) in [6.45, 7) is 3.82. The van der Waals surface area contributed by atoms with E-state index in [4.69, 9.17) is 0 Å². The number of aromatic nitrogens is 1. The summed E-state index contributed by atoms with van der Waals surface area (Å²) >= 11 is 0. The Bertz CT molecular complexity index is 246. The molecule has 1 heteroatoms. The molecule has 0 N–H and O–H groups in total. The van der Waals surface area contributed by atoms with Crippen molar-refractivity contribution in [3.8, 4) is 0 Å². The summed E-state index contributed by atoms with van der Waals surface area (Å²) in [6.07, 6.45) is 6.69. The number of hydrogen-bond acceptors (Lipinski definition) is 1. The monoisotopic (exact) mass is 160 g/mol. The SMILES string of the molecule is [CH2]CCc1ccc(C2CC2)nc1. The molecule has 1 aromatic heterocycles. The van der Waals surface area contributed by atoms with Gasteiger partial charge in [-0.2, -0.15) is 0 Å². The molecule has 1 fully saturated rings. The van der Waals surface area contributed by atoms with Gasteiger partial charge in [0, 0.05) is 17.8 Å². The van der Waals surface area contributed by atoms with Crippen molar-refractivity contribution in [2.45, 2.75) is 31.6 Å². The van der Waals surface area contributed by atoms with E-state index in [9.17, 15) is 0 Å². The van der Waals surface area contributed by atoms with E-state index in [0.717, 1.165) is 18.8 Å². The van der Waals surface area contributed by atoms with E-state index in [-0.39, 0.29) is 0 Å². The Morgan fingerprint density at radius 3 is 2.75 bits per heavy atom. The second kappa shape index (κ2) is 3.26. The third kappa shape index (κ3) is 1.66. The largest absolute Gasteiger partial charge is 0.261 e. The number of rotatable bonds is 3. The van der Waals surface area contributed by atoms with Gasteiger partial charge in [-0.1, -0.05) is 13.0 Å². The molecule has 0 atom stereocenters. The smallest absolute Gasteiger partial charge is 0.0434 e. The van der Waals surface area contributed by atoms with Crippen LogP contribution in [0.15, 0.2) is 18.3 Å².